The fourth-order valence-corrected chi connectivity index (χ4v) is 2.57. The lowest BCUT2D eigenvalue weighted by molar-refractivity contribution is -0.164. The second-order valence-corrected chi connectivity index (χ2v) is 7.14. The molecule has 0 unspecified atom stereocenters. The SMILES string of the molecule is CC(C)(C)OC(=O)[C@@H](CCI)CC(=O)OCc1ccccc1. The van der Waals surface area contributed by atoms with E-state index in [4.69, 9.17) is 9.47 Å². The van der Waals surface area contributed by atoms with Gasteiger partial charge in [0.1, 0.15) is 12.2 Å². The van der Waals surface area contributed by atoms with Crippen molar-refractivity contribution in [3.63, 3.8) is 0 Å². The molecule has 5 heteroatoms. The van der Waals surface area contributed by atoms with Gasteiger partial charge in [0.05, 0.1) is 12.3 Å². The highest BCUT2D eigenvalue weighted by atomic mass is 127. The molecule has 0 radical (unpaired) electrons. The number of hydrogen-bond donors (Lipinski definition) is 0. The first-order valence-electron chi connectivity index (χ1n) is 7.30. The molecule has 0 aromatic heterocycles. The maximum atomic E-state index is 12.1. The van der Waals surface area contributed by atoms with E-state index in [1.165, 1.54) is 0 Å². The second-order valence-electron chi connectivity index (χ2n) is 6.06. The number of esters is 2. The van der Waals surface area contributed by atoms with E-state index in [0.717, 1.165) is 9.99 Å². The van der Waals surface area contributed by atoms with Gasteiger partial charge in [0.2, 0.25) is 0 Å². The van der Waals surface area contributed by atoms with Gasteiger partial charge in [-0.05, 0) is 32.8 Å². The smallest absolute Gasteiger partial charge is 0.310 e. The van der Waals surface area contributed by atoms with Gasteiger partial charge in [0, 0.05) is 4.43 Å². The fraction of sp³-hybridized carbons (Fsp3) is 0.529. The molecule has 0 saturated carbocycles. The fourth-order valence-electron chi connectivity index (χ4n) is 1.82. The monoisotopic (exact) mass is 418 g/mol. The normalized spacial score (nSPS) is 12.5. The van der Waals surface area contributed by atoms with Gasteiger partial charge in [0.15, 0.2) is 0 Å². The predicted molar refractivity (Wildman–Crippen MR) is 93.7 cm³/mol. The lowest BCUT2D eigenvalue weighted by atomic mass is 10.0. The summed E-state index contributed by atoms with van der Waals surface area (Å²) >= 11 is 2.19. The third-order valence-corrected chi connectivity index (χ3v) is 3.48. The molecule has 0 aliphatic heterocycles. The van der Waals surface area contributed by atoms with Crippen LogP contribution in [0.4, 0.5) is 0 Å². The Bertz CT molecular complexity index is 479. The molecule has 0 spiro atoms. The van der Waals surface area contributed by atoms with Gasteiger partial charge in [-0.25, -0.2) is 0 Å². The van der Waals surface area contributed by atoms with E-state index in [9.17, 15) is 9.59 Å². The van der Waals surface area contributed by atoms with Crippen LogP contribution < -0.4 is 0 Å². The molecule has 1 atom stereocenters. The highest BCUT2D eigenvalue weighted by Gasteiger charge is 2.27. The van der Waals surface area contributed by atoms with Gasteiger partial charge in [-0.2, -0.15) is 0 Å². The van der Waals surface area contributed by atoms with Gasteiger partial charge in [-0.3, -0.25) is 9.59 Å². The Hall–Kier alpha value is -1.11. The molecule has 0 amide bonds. The van der Waals surface area contributed by atoms with Gasteiger partial charge in [-0.15, -0.1) is 0 Å². The van der Waals surface area contributed by atoms with Crippen LogP contribution in [-0.2, 0) is 25.7 Å². The Morgan fingerprint density at radius 3 is 2.36 bits per heavy atom. The Morgan fingerprint density at radius 1 is 1.18 bits per heavy atom. The highest BCUT2D eigenvalue weighted by molar-refractivity contribution is 14.1. The third kappa shape index (κ3) is 7.77. The second kappa shape index (κ2) is 9.12. The molecule has 0 fully saturated rings. The predicted octanol–water partition coefficient (Wildman–Crippen LogP) is 3.90. The van der Waals surface area contributed by atoms with E-state index in [-0.39, 0.29) is 25.0 Å². The molecule has 1 aromatic carbocycles. The highest BCUT2D eigenvalue weighted by Crippen LogP contribution is 2.18. The summed E-state index contributed by atoms with van der Waals surface area (Å²) in [5.41, 5.74) is 0.382. The number of hydrogen-bond acceptors (Lipinski definition) is 4. The van der Waals surface area contributed by atoms with E-state index in [0.29, 0.717) is 6.42 Å². The summed E-state index contributed by atoms with van der Waals surface area (Å²) in [5, 5.41) is 0. The zero-order valence-electron chi connectivity index (χ0n) is 13.3. The van der Waals surface area contributed by atoms with Crippen LogP contribution in [0.5, 0.6) is 0 Å². The van der Waals surface area contributed by atoms with Crippen molar-refractivity contribution in [3.8, 4) is 0 Å². The average Bonchev–Trinajstić information content (AvgIpc) is 2.44. The lowest BCUT2D eigenvalue weighted by Gasteiger charge is -2.23. The van der Waals surface area contributed by atoms with Crippen LogP contribution in [0.3, 0.4) is 0 Å². The first kappa shape index (κ1) is 18.9. The van der Waals surface area contributed by atoms with Gasteiger partial charge in [-0.1, -0.05) is 52.9 Å². The number of alkyl halides is 1. The zero-order chi connectivity index (χ0) is 16.6. The molecule has 0 aliphatic rings. The van der Waals surface area contributed by atoms with Crippen LogP contribution in [0, 0.1) is 5.92 Å². The Kier molecular flexibility index (Phi) is 7.85. The van der Waals surface area contributed by atoms with Crippen molar-refractivity contribution < 1.29 is 19.1 Å². The van der Waals surface area contributed by atoms with E-state index in [2.05, 4.69) is 22.6 Å². The van der Waals surface area contributed by atoms with Crippen molar-refractivity contribution in [3.05, 3.63) is 35.9 Å². The van der Waals surface area contributed by atoms with Crippen LogP contribution in [-0.4, -0.2) is 22.0 Å². The molecule has 0 N–H and O–H groups in total. The van der Waals surface area contributed by atoms with Gasteiger partial charge in [0.25, 0.3) is 0 Å². The molecule has 1 aromatic rings. The van der Waals surface area contributed by atoms with Crippen molar-refractivity contribution in [2.24, 2.45) is 5.92 Å². The van der Waals surface area contributed by atoms with Crippen molar-refractivity contribution in [1.29, 1.82) is 0 Å². The summed E-state index contributed by atoms with van der Waals surface area (Å²) in [5.74, 6) is -1.15. The summed E-state index contributed by atoms with van der Waals surface area (Å²) in [6.07, 6.45) is 0.667. The van der Waals surface area contributed by atoms with E-state index >= 15 is 0 Å². The van der Waals surface area contributed by atoms with Crippen molar-refractivity contribution in [2.45, 2.75) is 45.8 Å². The van der Waals surface area contributed by atoms with Crippen LogP contribution >= 0.6 is 22.6 Å². The summed E-state index contributed by atoms with van der Waals surface area (Å²) in [4.78, 5) is 24.1. The average molecular weight is 418 g/mol. The Labute approximate surface area is 145 Å². The molecule has 0 saturated heterocycles. The Balaban J connectivity index is 2.51. The molecular weight excluding hydrogens is 395 g/mol. The number of benzene rings is 1. The molecule has 0 heterocycles. The maximum absolute atomic E-state index is 12.1. The molecule has 122 valence electrons. The topological polar surface area (TPSA) is 52.6 Å². The van der Waals surface area contributed by atoms with E-state index in [1.54, 1.807) is 0 Å². The minimum absolute atomic E-state index is 0.0603. The zero-order valence-corrected chi connectivity index (χ0v) is 15.5. The van der Waals surface area contributed by atoms with Crippen LogP contribution in [0.2, 0.25) is 0 Å². The van der Waals surface area contributed by atoms with Crippen molar-refractivity contribution >= 4 is 34.5 Å². The lowest BCUT2D eigenvalue weighted by Crippen LogP contribution is -2.30. The Morgan fingerprint density at radius 2 is 1.82 bits per heavy atom. The maximum Gasteiger partial charge on any atom is 0.310 e. The number of ether oxygens (including phenoxy) is 2. The summed E-state index contributed by atoms with van der Waals surface area (Å²) in [6.45, 7) is 5.68. The van der Waals surface area contributed by atoms with E-state index < -0.39 is 11.5 Å². The standard InChI is InChI=1S/C17H23IO4/c1-17(2,3)22-16(20)14(9-10-18)11-15(19)21-12-13-7-5-4-6-8-13/h4-8,14H,9-12H2,1-3H3/t14-/m0/s1. The molecule has 1 rings (SSSR count). The van der Waals surface area contributed by atoms with Gasteiger partial charge >= 0.3 is 11.9 Å². The van der Waals surface area contributed by atoms with Crippen molar-refractivity contribution in [1.82, 2.24) is 0 Å². The minimum Gasteiger partial charge on any atom is -0.461 e. The number of halogens is 1. The molecule has 0 bridgehead atoms. The first-order chi connectivity index (χ1) is 10.3. The number of carbonyl (C=O) groups is 2. The summed E-state index contributed by atoms with van der Waals surface area (Å²) < 4.78 is 11.4. The third-order valence-electron chi connectivity index (χ3n) is 2.85. The van der Waals surface area contributed by atoms with Crippen molar-refractivity contribution in [2.75, 3.05) is 4.43 Å². The molecule has 22 heavy (non-hydrogen) atoms. The van der Waals surface area contributed by atoms with Gasteiger partial charge < -0.3 is 9.47 Å². The van der Waals surface area contributed by atoms with Crippen LogP contribution in [0.15, 0.2) is 30.3 Å². The first-order valence-corrected chi connectivity index (χ1v) is 8.83. The minimum atomic E-state index is -0.547. The van der Waals surface area contributed by atoms with Crippen LogP contribution in [0.1, 0.15) is 39.2 Å². The molecule has 0 aliphatic carbocycles. The summed E-state index contributed by atoms with van der Waals surface area (Å²) in [6, 6.07) is 9.47. The number of rotatable bonds is 7. The largest absolute Gasteiger partial charge is 0.461 e. The van der Waals surface area contributed by atoms with E-state index in [1.807, 2.05) is 51.1 Å². The number of carbonyl (C=O) groups excluding carboxylic acids is 2. The van der Waals surface area contributed by atoms with Crippen LogP contribution in [0.25, 0.3) is 0 Å². The molecule has 4 nitrogen and oxygen atoms in total. The molecular formula is C17H23IO4. The quantitative estimate of drug-likeness (QED) is 0.383. The summed E-state index contributed by atoms with van der Waals surface area (Å²) in [7, 11) is 0.